The van der Waals surface area contributed by atoms with Gasteiger partial charge in [0.2, 0.25) is 5.89 Å². The maximum absolute atomic E-state index is 13.2. The summed E-state index contributed by atoms with van der Waals surface area (Å²) < 4.78 is 18.7. The number of halogens is 1. The van der Waals surface area contributed by atoms with Crippen molar-refractivity contribution in [3.05, 3.63) is 65.1 Å². The maximum Gasteiger partial charge on any atom is 0.244 e. The Kier molecular flexibility index (Phi) is 4.09. The predicted octanol–water partition coefficient (Wildman–Crippen LogP) is 3.35. The van der Waals surface area contributed by atoms with Crippen LogP contribution in [0, 0.1) is 5.82 Å². The predicted molar refractivity (Wildman–Crippen MR) is 89.1 cm³/mol. The number of rotatable bonds is 4. The number of nitrogens with zero attached hydrogens (tertiary/aromatic N) is 4. The van der Waals surface area contributed by atoms with Gasteiger partial charge in [-0.2, -0.15) is 4.98 Å². The van der Waals surface area contributed by atoms with Crippen molar-refractivity contribution >= 4 is 0 Å². The first kappa shape index (κ1) is 16.0. The van der Waals surface area contributed by atoms with Crippen LogP contribution in [0.3, 0.4) is 0 Å². The standard InChI is InChI=1S/C18H20FN5O/c1-11(2)17-22-18(25-23-17)16-7-14-15(21-10-20-14)9-24(16)8-12-3-5-13(19)6-4-12/h3-6,10-11,16H,7-9H2,1-2H3,(H,20,21)/t16-/m0/s1. The van der Waals surface area contributed by atoms with Crippen molar-refractivity contribution in [2.24, 2.45) is 0 Å². The lowest BCUT2D eigenvalue weighted by atomic mass is 10.0. The molecule has 7 heteroatoms. The molecule has 0 aliphatic carbocycles. The largest absolute Gasteiger partial charge is 0.347 e. The van der Waals surface area contributed by atoms with Gasteiger partial charge in [0.1, 0.15) is 5.82 Å². The molecule has 0 radical (unpaired) electrons. The second-order valence-electron chi connectivity index (χ2n) is 6.72. The smallest absolute Gasteiger partial charge is 0.244 e. The van der Waals surface area contributed by atoms with Crippen molar-refractivity contribution < 1.29 is 8.91 Å². The monoisotopic (exact) mass is 341 g/mol. The summed E-state index contributed by atoms with van der Waals surface area (Å²) in [7, 11) is 0. The van der Waals surface area contributed by atoms with Crippen LogP contribution in [0.15, 0.2) is 35.1 Å². The van der Waals surface area contributed by atoms with E-state index >= 15 is 0 Å². The molecule has 0 spiro atoms. The number of benzene rings is 1. The fourth-order valence-electron chi connectivity index (χ4n) is 3.14. The maximum atomic E-state index is 13.2. The Bertz CT molecular complexity index is 854. The molecular formula is C18H20FN5O. The average Bonchev–Trinajstić information content (AvgIpc) is 3.24. The van der Waals surface area contributed by atoms with Crippen molar-refractivity contribution in [2.45, 2.75) is 45.3 Å². The van der Waals surface area contributed by atoms with Crippen LogP contribution < -0.4 is 0 Å². The van der Waals surface area contributed by atoms with E-state index in [2.05, 4.69) is 25.0 Å². The number of H-pyrrole nitrogens is 1. The second kappa shape index (κ2) is 6.40. The molecule has 130 valence electrons. The second-order valence-corrected chi connectivity index (χ2v) is 6.72. The SMILES string of the molecule is CC(C)c1noc([C@@H]2Cc3nc[nH]c3CN2Cc2ccc(F)cc2)n1. The molecule has 2 aromatic heterocycles. The van der Waals surface area contributed by atoms with Gasteiger partial charge in [-0.15, -0.1) is 0 Å². The molecule has 3 heterocycles. The van der Waals surface area contributed by atoms with Gasteiger partial charge in [0.05, 0.1) is 23.8 Å². The first-order valence-corrected chi connectivity index (χ1v) is 8.43. The molecule has 0 saturated carbocycles. The van der Waals surface area contributed by atoms with Crippen LogP contribution in [0.1, 0.15) is 54.5 Å². The summed E-state index contributed by atoms with van der Waals surface area (Å²) >= 11 is 0. The molecule has 3 aromatic rings. The van der Waals surface area contributed by atoms with Crippen LogP contribution in [0.25, 0.3) is 0 Å². The van der Waals surface area contributed by atoms with Crippen LogP contribution >= 0.6 is 0 Å². The molecule has 1 atom stereocenters. The van der Waals surface area contributed by atoms with E-state index in [0.29, 0.717) is 31.2 Å². The van der Waals surface area contributed by atoms with Crippen molar-refractivity contribution in [1.29, 1.82) is 0 Å². The van der Waals surface area contributed by atoms with Crippen molar-refractivity contribution in [3.8, 4) is 0 Å². The molecule has 4 rings (SSSR count). The normalized spacial score (nSPS) is 17.8. The Morgan fingerprint density at radius 1 is 1.32 bits per heavy atom. The molecule has 1 aliphatic heterocycles. The zero-order chi connectivity index (χ0) is 17.4. The van der Waals surface area contributed by atoms with E-state index in [-0.39, 0.29) is 17.8 Å². The molecule has 1 aliphatic rings. The van der Waals surface area contributed by atoms with Gasteiger partial charge in [0.25, 0.3) is 0 Å². The van der Waals surface area contributed by atoms with Gasteiger partial charge in [0, 0.05) is 25.4 Å². The Morgan fingerprint density at radius 2 is 2.12 bits per heavy atom. The van der Waals surface area contributed by atoms with E-state index in [1.54, 1.807) is 6.33 Å². The lowest BCUT2D eigenvalue weighted by Crippen LogP contribution is -2.34. The number of hydrogen-bond donors (Lipinski definition) is 1. The molecule has 1 aromatic carbocycles. The van der Waals surface area contributed by atoms with Crippen molar-refractivity contribution in [1.82, 2.24) is 25.0 Å². The lowest BCUT2D eigenvalue weighted by molar-refractivity contribution is 0.128. The van der Waals surface area contributed by atoms with Gasteiger partial charge in [-0.05, 0) is 17.7 Å². The molecule has 1 N–H and O–H groups in total. The van der Waals surface area contributed by atoms with Crippen LogP contribution in [0.5, 0.6) is 0 Å². The molecule has 0 fully saturated rings. The topological polar surface area (TPSA) is 70.8 Å². The molecule has 0 bridgehead atoms. The molecular weight excluding hydrogens is 321 g/mol. The highest BCUT2D eigenvalue weighted by atomic mass is 19.1. The highest BCUT2D eigenvalue weighted by molar-refractivity contribution is 5.21. The first-order valence-electron chi connectivity index (χ1n) is 8.43. The van der Waals surface area contributed by atoms with Crippen LogP contribution in [-0.4, -0.2) is 25.0 Å². The number of aromatic amines is 1. The molecule has 0 saturated heterocycles. The number of fused-ring (bicyclic) bond motifs is 1. The summed E-state index contributed by atoms with van der Waals surface area (Å²) in [5.41, 5.74) is 3.17. The van der Waals surface area contributed by atoms with E-state index in [4.69, 9.17) is 4.52 Å². The number of aromatic nitrogens is 4. The first-order chi connectivity index (χ1) is 12.1. The fourth-order valence-corrected chi connectivity index (χ4v) is 3.14. The summed E-state index contributed by atoms with van der Waals surface area (Å²) in [5, 5.41) is 4.10. The van der Waals surface area contributed by atoms with Gasteiger partial charge in [-0.3, -0.25) is 4.90 Å². The van der Waals surface area contributed by atoms with Gasteiger partial charge < -0.3 is 9.51 Å². The third-order valence-corrected chi connectivity index (χ3v) is 4.55. The zero-order valence-corrected chi connectivity index (χ0v) is 14.2. The summed E-state index contributed by atoms with van der Waals surface area (Å²) in [4.78, 5) is 14.4. The molecule has 6 nitrogen and oxygen atoms in total. The average molecular weight is 341 g/mol. The third-order valence-electron chi connectivity index (χ3n) is 4.55. The Labute approximate surface area is 145 Å². The minimum Gasteiger partial charge on any atom is -0.347 e. The van der Waals surface area contributed by atoms with E-state index in [0.717, 1.165) is 17.0 Å². The van der Waals surface area contributed by atoms with Gasteiger partial charge in [-0.1, -0.05) is 31.1 Å². The molecule has 0 amide bonds. The number of nitrogens with one attached hydrogen (secondary N) is 1. The molecule has 0 unspecified atom stereocenters. The highest BCUT2D eigenvalue weighted by Gasteiger charge is 2.33. The van der Waals surface area contributed by atoms with Gasteiger partial charge >= 0.3 is 0 Å². The Morgan fingerprint density at radius 3 is 2.84 bits per heavy atom. The van der Waals surface area contributed by atoms with Crippen LogP contribution in [-0.2, 0) is 19.5 Å². The summed E-state index contributed by atoms with van der Waals surface area (Å²) in [6.07, 6.45) is 2.43. The fraction of sp³-hybridized carbons (Fsp3) is 0.389. The van der Waals surface area contributed by atoms with E-state index in [1.807, 2.05) is 26.0 Å². The van der Waals surface area contributed by atoms with Gasteiger partial charge in [-0.25, -0.2) is 9.37 Å². The van der Waals surface area contributed by atoms with Crippen LogP contribution in [0.2, 0.25) is 0 Å². The quantitative estimate of drug-likeness (QED) is 0.788. The van der Waals surface area contributed by atoms with Crippen molar-refractivity contribution in [2.75, 3.05) is 0 Å². The number of imidazole rings is 1. The minimum absolute atomic E-state index is 0.0409. The van der Waals surface area contributed by atoms with E-state index < -0.39 is 0 Å². The van der Waals surface area contributed by atoms with Gasteiger partial charge in [0.15, 0.2) is 5.82 Å². The molecule has 25 heavy (non-hydrogen) atoms. The summed E-state index contributed by atoms with van der Waals surface area (Å²) in [5.74, 6) is 1.31. The third kappa shape index (κ3) is 3.19. The van der Waals surface area contributed by atoms with E-state index in [1.165, 1.54) is 12.1 Å². The van der Waals surface area contributed by atoms with Crippen molar-refractivity contribution in [3.63, 3.8) is 0 Å². The number of hydrogen-bond acceptors (Lipinski definition) is 5. The summed E-state index contributed by atoms with van der Waals surface area (Å²) in [6, 6.07) is 6.55. The van der Waals surface area contributed by atoms with Crippen LogP contribution in [0.4, 0.5) is 4.39 Å². The van der Waals surface area contributed by atoms with E-state index in [9.17, 15) is 4.39 Å². The summed E-state index contributed by atoms with van der Waals surface area (Å²) in [6.45, 7) is 5.45. The zero-order valence-electron chi connectivity index (χ0n) is 14.2. The highest BCUT2D eigenvalue weighted by Crippen LogP contribution is 2.32. The lowest BCUT2D eigenvalue weighted by Gasteiger charge is -2.32. The Hall–Kier alpha value is -2.54. The minimum atomic E-state index is -0.228. The Balaban J connectivity index is 1.64.